The smallest absolute Gasteiger partial charge is 0.248 e. The van der Waals surface area contributed by atoms with Crippen molar-refractivity contribution < 1.29 is 14.3 Å². The number of amides is 1. The fraction of sp³-hybridized carbons (Fsp3) is 0.286. The van der Waals surface area contributed by atoms with E-state index in [9.17, 15) is 4.79 Å². The van der Waals surface area contributed by atoms with E-state index < -0.39 is 0 Å². The molecule has 3 aromatic rings. The second-order valence-corrected chi connectivity index (χ2v) is 6.49. The van der Waals surface area contributed by atoms with Crippen LogP contribution in [0.4, 0.5) is 5.69 Å². The molecule has 0 aliphatic rings. The van der Waals surface area contributed by atoms with Crippen molar-refractivity contribution in [3.05, 3.63) is 48.3 Å². The average molecular weight is 380 g/mol. The van der Waals surface area contributed by atoms with E-state index in [1.54, 1.807) is 25.6 Å². The summed E-state index contributed by atoms with van der Waals surface area (Å²) in [6.45, 7) is 6.56. The molecule has 7 heteroatoms. The molecule has 0 bridgehead atoms. The Morgan fingerprint density at radius 2 is 2.07 bits per heavy atom. The first kappa shape index (κ1) is 19.4. The molecule has 2 heterocycles. The Morgan fingerprint density at radius 1 is 1.25 bits per heavy atom. The molecule has 3 rings (SSSR count). The van der Waals surface area contributed by atoms with Gasteiger partial charge in [0.2, 0.25) is 5.91 Å². The Morgan fingerprint density at radius 3 is 2.79 bits per heavy atom. The number of methoxy groups -OCH3 is 1. The Labute approximate surface area is 164 Å². The third-order valence-corrected chi connectivity index (χ3v) is 4.10. The number of pyridine rings is 1. The number of rotatable bonds is 7. The van der Waals surface area contributed by atoms with Crippen LogP contribution in [0.15, 0.2) is 42.7 Å². The number of anilines is 1. The summed E-state index contributed by atoms with van der Waals surface area (Å²) in [5.74, 6) is 1.05. The maximum absolute atomic E-state index is 12.3. The molecule has 7 nitrogen and oxygen atoms in total. The lowest BCUT2D eigenvalue weighted by atomic mass is 10.2. The van der Waals surface area contributed by atoms with E-state index in [2.05, 4.69) is 15.4 Å². The van der Waals surface area contributed by atoms with Crippen molar-refractivity contribution in [3.63, 3.8) is 0 Å². The first-order chi connectivity index (χ1) is 13.5. The Hall–Kier alpha value is -3.35. The summed E-state index contributed by atoms with van der Waals surface area (Å²) in [6.07, 6.45) is 6.57. The molecule has 0 atom stereocenters. The van der Waals surface area contributed by atoms with Crippen molar-refractivity contribution in [2.75, 3.05) is 19.0 Å². The molecule has 0 radical (unpaired) electrons. The minimum Gasteiger partial charge on any atom is -0.493 e. The SMILES string of the molecule is CCOc1ccc(/C=C/C(=O)Nc2cnc3c(cnn3C(C)C)c2)cc1OC. The maximum Gasteiger partial charge on any atom is 0.248 e. The highest BCUT2D eigenvalue weighted by Crippen LogP contribution is 2.28. The highest BCUT2D eigenvalue weighted by molar-refractivity contribution is 6.02. The van der Waals surface area contributed by atoms with E-state index in [0.717, 1.165) is 16.6 Å². The zero-order chi connectivity index (χ0) is 20.1. The van der Waals surface area contributed by atoms with E-state index in [1.807, 2.05) is 49.7 Å². The summed E-state index contributed by atoms with van der Waals surface area (Å²) >= 11 is 0. The topological polar surface area (TPSA) is 78.3 Å². The van der Waals surface area contributed by atoms with Gasteiger partial charge >= 0.3 is 0 Å². The van der Waals surface area contributed by atoms with Gasteiger partial charge in [-0.2, -0.15) is 5.10 Å². The number of fused-ring (bicyclic) bond motifs is 1. The first-order valence-corrected chi connectivity index (χ1v) is 9.15. The zero-order valence-electron chi connectivity index (χ0n) is 16.5. The molecular formula is C21H24N4O3. The molecule has 0 fully saturated rings. The van der Waals surface area contributed by atoms with E-state index in [0.29, 0.717) is 23.8 Å². The second-order valence-electron chi connectivity index (χ2n) is 6.49. The molecule has 1 amide bonds. The zero-order valence-corrected chi connectivity index (χ0v) is 16.5. The van der Waals surface area contributed by atoms with Crippen molar-refractivity contribution in [1.82, 2.24) is 14.8 Å². The predicted octanol–water partition coefficient (Wildman–Crippen LogP) is 4.07. The molecule has 0 saturated carbocycles. The standard InChI is InChI=1S/C21H24N4O3/c1-5-28-18-8-6-15(10-19(18)27-4)7-9-20(26)24-17-11-16-12-23-25(14(2)3)21(16)22-13-17/h6-14H,5H2,1-4H3,(H,24,26)/b9-7+. The fourth-order valence-corrected chi connectivity index (χ4v) is 2.80. The van der Waals surface area contributed by atoms with E-state index >= 15 is 0 Å². The van der Waals surface area contributed by atoms with Gasteiger partial charge < -0.3 is 14.8 Å². The lowest BCUT2D eigenvalue weighted by Crippen LogP contribution is -2.08. The van der Waals surface area contributed by atoms with Crippen LogP contribution in [0.3, 0.4) is 0 Å². The molecule has 1 aromatic carbocycles. The van der Waals surface area contributed by atoms with Gasteiger partial charge in [0.1, 0.15) is 0 Å². The van der Waals surface area contributed by atoms with Crippen molar-refractivity contribution in [1.29, 1.82) is 0 Å². The van der Waals surface area contributed by atoms with Gasteiger partial charge in [0.05, 0.1) is 31.8 Å². The van der Waals surface area contributed by atoms with Crippen LogP contribution in [-0.4, -0.2) is 34.4 Å². The third kappa shape index (κ3) is 4.31. The van der Waals surface area contributed by atoms with Crippen LogP contribution in [0.2, 0.25) is 0 Å². The highest BCUT2D eigenvalue weighted by atomic mass is 16.5. The van der Waals surface area contributed by atoms with Gasteiger partial charge in [0.15, 0.2) is 17.1 Å². The number of nitrogens with zero attached hydrogens (tertiary/aromatic N) is 3. The maximum atomic E-state index is 12.3. The van der Waals surface area contributed by atoms with Crippen LogP contribution in [0, 0.1) is 0 Å². The number of carbonyl (C=O) groups excluding carboxylic acids is 1. The van der Waals surface area contributed by atoms with Gasteiger partial charge in [0, 0.05) is 17.5 Å². The van der Waals surface area contributed by atoms with Crippen LogP contribution in [0.1, 0.15) is 32.4 Å². The lowest BCUT2D eigenvalue weighted by Gasteiger charge is -2.09. The number of benzene rings is 1. The van der Waals surface area contributed by atoms with Gasteiger partial charge in [-0.05, 0) is 50.6 Å². The first-order valence-electron chi connectivity index (χ1n) is 9.15. The predicted molar refractivity (Wildman–Crippen MR) is 110 cm³/mol. The Kier molecular flexibility index (Phi) is 5.93. The monoisotopic (exact) mass is 380 g/mol. The molecule has 0 unspecified atom stereocenters. The summed E-state index contributed by atoms with van der Waals surface area (Å²) in [4.78, 5) is 16.7. The summed E-state index contributed by atoms with van der Waals surface area (Å²) in [7, 11) is 1.59. The van der Waals surface area contributed by atoms with Crippen LogP contribution >= 0.6 is 0 Å². The third-order valence-electron chi connectivity index (χ3n) is 4.10. The largest absolute Gasteiger partial charge is 0.493 e. The molecule has 0 saturated heterocycles. The quantitative estimate of drug-likeness (QED) is 0.625. The second kappa shape index (κ2) is 8.56. The highest BCUT2D eigenvalue weighted by Gasteiger charge is 2.09. The number of hydrogen-bond acceptors (Lipinski definition) is 5. The van der Waals surface area contributed by atoms with Crippen molar-refractivity contribution in [2.45, 2.75) is 26.8 Å². The van der Waals surface area contributed by atoms with Crippen LogP contribution < -0.4 is 14.8 Å². The van der Waals surface area contributed by atoms with Gasteiger partial charge in [-0.15, -0.1) is 0 Å². The Bertz CT molecular complexity index is 1010. The normalized spacial score (nSPS) is 11.3. The molecule has 146 valence electrons. The fourth-order valence-electron chi connectivity index (χ4n) is 2.80. The van der Waals surface area contributed by atoms with Crippen LogP contribution in [0.25, 0.3) is 17.1 Å². The molecule has 28 heavy (non-hydrogen) atoms. The summed E-state index contributed by atoms with van der Waals surface area (Å²) in [5, 5.41) is 8.04. The molecule has 0 aliphatic carbocycles. The number of carbonyl (C=O) groups is 1. The van der Waals surface area contributed by atoms with Crippen molar-refractivity contribution >= 4 is 28.7 Å². The van der Waals surface area contributed by atoms with E-state index in [4.69, 9.17) is 9.47 Å². The Balaban J connectivity index is 1.70. The number of aromatic nitrogens is 3. The summed E-state index contributed by atoms with van der Waals surface area (Å²) in [5.41, 5.74) is 2.25. The number of nitrogens with one attached hydrogen (secondary N) is 1. The van der Waals surface area contributed by atoms with Gasteiger partial charge in [-0.3, -0.25) is 4.79 Å². The van der Waals surface area contributed by atoms with Crippen LogP contribution in [0.5, 0.6) is 11.5 Å². The summed E-state index contributed by atoms with van der Waals surface area (Å²) in [6, 6.07) is 7.59. The minimum atomic E-state index is -0.245. The molecule has 0 aliphatic heterocycles. The minimum absolute atomic E-state index is 0.222. The molecular weight excluding hydrogens is 356 g/mol. The van der Waals surface area contributed by atoms with Gasteiger partial charge in [-0.25, -0.2) is 9.67 Å². The number of hydrogen-bond donors (Lipinski definition) is 1. The van der Waals surface area contributed by atoms with Gasteiger partial charge in [-0.1, -0.05) is 6.07 Å². The molecule has 1 N–H and O–H groups in total. The van der Waals surface area contributed by atoms with Crippen molar-refractivity contribution in [3.8, 4) is 11.5 Å². The van der Waals surface area contributed by atoms with Crippen LogP contribution in [-0.2, 0) is 4.79 Å². The van der Waals surface area contributed by atoms with Gasteiger partial charge in [0.25, 0.3) is 0 Å². The summed E-state index contributed by atoms with van der Waals surface area (Å²) < 4.78 is 12.7. The molecule has 0 spiro atoms. The number of ether oxygens (including phenoxy) is 2. The average Bonchev–Trinajstić information content (AvgIpc) is 3.11. The molecule has 2 aromatic heterocycles. The van der Waals surface area contributed by atoms with Crippen molar-refractivity contribution in [2.24, 2.45) is 0 Å². The lowest BCUT2D eigenvalue weighted by molar-refractivity contribution is -0.111. The van der Waals surface area contributed by atoms with E-state index in [1.165, 1.54) is 6.08 Å². The van der Waals surface area contributed by atoms with E-state index in [-0.39, 0.29) is 11.9 Å².